The average Bonchev–Trinajstić information content (AvgIpc) is 2.15. The highest BCUT2D eigenvalue weighted by Gasteiger charge is 2.21. The van der Waals surface area contributed by atoms with Crippen LogP contribution in [0.2, 0.25) is 0 Å². The molecular formula is C8H7F2IN2O2. The number of aromatic nitrogens is 1. The van der Waals surface area contributed by atoms with E-state index in [1.165, 1.54) is 13.2 Å². The highest BCUT2D eigenvalue weighted by atomic mass is 127. The number of nitrogens with zero attached hydrogens (tertiary/aromatic N) is 1. The Morgan fingerprint density at radius 3 is 2.67 bits per heavy atom. The molecule has 82 valence electrons. The number of halogens is 3. The maximum atomic E-state index is 12.6. The lowest BCUT2D eigenvalue weighted by Crippen LogP contribution is -2.15. The number of nitrogens with two attached hydrogens (primary N) is 1. The Morgan fingerprint density at radius 2 is 2.27 bits per heavy atom. The van der Waals surface area contributed by atoms with Crippen molar-refractivity contribution in [3.05, 3.63) is 20.9 Å². The molecule has 4 nitrogen and oxygen atoms in total. The maximum absolute atomic E-state index is 12.6. The number of carbonyl (C=O) groups is 1. The zero-order chi connectivity index (χ0) is 11.6. The van der Waals surface area contributed by atoms with Crippen LogP contribution in [0.5, 0.6) is 5.88 Å². The van der Waals surface area contributed by atoms with Gasteiger partial charge >= 0.3 is 0 Å². The summed E-state index contributed by atoms with van der Waals surface area (Å²) in [5.41, 5.74) is 4.56. The Labute approximate surface area is 98.0 Å². The van der Waals surface area contributed by atoms with Gasteiger partial charge in [0.05, 0.1) is 12.7 Å². The van der Waals surface area contributed by atoms with Gasteiger partial charge in [0, 0.05) is 3.57 Å². The molecule has 1 amide bonds. The summed E-state index contributed by atoms with van der Waals surface area (Å²) >= 11 is 1.68. The molecule has 0 spiro atoms. The van der Waals surface area contributed by atoms with E-state index in [1.54, 1.807) is 22.6 Å². The van der Waals surface area contributed by atoms with Crippen LogP contribution in [0.15, 0.2) is 6.07 Å². The van der Waals surface area contributed by atoms with E-state index >= 15 is 0 Å². The molecule has 0 aliphatic heterocycles. The molecule has 15 heavy (non-hydrogen) atoms. The summed E-state index contributed by atoms with van der Waals surface area (Å²) in [4.78, 5) is 14.4. The van der Waals surface area contributed by atoms with Crippen LogP contribution in [0.3, 0.4) is 0 Å². The third-order valence-corrected chi connectivity index (χ3v) is 2.53. The molecule has 0 saturated heterocycles. The van der Waals surface area contributed by atoms with E-state index in [-0.39, 0.29) is 20.7 Å². The molecule has 1 rings (SSSR count). The highest BCUT2D eigenvalue weighted by molar-refractivity contribution is 14.1. The van der Waals surface area contributed by atoms with Crippen LogP contribution >= 0.6 is 22.6 Å². The Hall–Kier alpha value is -0.990. The number of ether oxygens (including phenoxy) is 1. The van der Waals surface area contributed by atoms with Gasteiger partial charge in [-0.15, -0.1) is 0 Å². The number of methoxy groups -OCH3 is 1. The summed E-state index contributed by atoms with van der Waals surface area (Å²) in [6.45, 7) is 0. The van der Waals surface area contributed by atoms with Crippen molar-refractivity contribution in [2.24, 2.45) is 5.73 Å². The van der Waals surface area contributed by atoms with Gasteiger partial charge in [-0.2, -0.15) is 0 Å². The van der Waals surface area contributed by atoms with Crippen molar-refractivity contribution < 1.29 is 18.3 Å². The Kier molecular flexibility index (Phi) is 3.77. The number of pyridine rings is 1. The second-order valence-electron chi connectivity index (χ2n) is 2.58. The van der Waals surface area contributed by atoms with Crippen LogP contribution in [0.4, 0.5) is 8.78 Å². The van der Waals surface area contributed by atoms with E-state index in [1.807, 2.05) is 0 Å². The smallest absolute Gasteiger partial charge is 0.270 e. The van der Waals surface area contributed by atoms with E-state index in [0.717, 1.165) is 0 Å². The summed E-state index contributed by atoms with van der Waals surface area (Å²) in [5.74, 6) is -1.06. The third-order valence-electron chi connectivity index (χ3n) is 1.64. The van der Waals surface area contributed by atoms with Gasteiger partial charge in [0.2, 0.25) is 5.88 Å². The van der Waals surface area contributed by atoms with Gasteiger partial charge in [-0.3, -0.25) is 4.79 Å². The lowest BCUT2D eigenvalue weighted by Gasteiger charge is -2.09. The van der Waals surface area contributed by atoms with E-state index in [4.69, 9.17) is 5.73 Å². The standard InChI is InChI=1S/C8H7F2IN2O2/c1-15-8-5(6(9)10)3(11)2-4(13-8)7(12)14/h2,6H,1H3,(H2,12,14). The molecule has 0 radical (unpaired) electrons. The summed E-state index contributed by atoms with van der Waals surface area (Å²) in [6, 6.07) is 1.20. The van der Waals surface area contributed by atoms with Gasteiger partial charge < -0.3 is 10.5 Å². The van der Waals surface area contributed by atoms with E-state index < -0.39 is 12.3 Å². The first-order valence-electron chi connectivity index (χ1n) is 3.79. The van der Waals surface area contributed by atoms with Gasteiger partial charge in [0.15, 0.2) is 0 Å². The van der Waals surface area contributed by atoms with Gasteiger partial charge in [-0.05, 0) is 28.7 Å². The van der Waals surface area contributed by atoms with Crippen LogP contribution in [0, 0.1) is 3.57 Å². The quantitative estimate of drug-likeness (QED) is 0.860. The highest BCUT2D eigenvalue weighted by Crippen LogP contribution is 2.31. The molecule has 7 heteroatoms. The van der Waals surface area contributed by atoms with Gasteiger partial charge in [0.25, 0.3) is 12.3 Å². The zero-order valence-corrected chi connectivity index (χ0v) is 9.79. The molecule has 1 heterocycles. The molecule has 0 fully saturated rings. The first-order valence-corrected chi connectivity index (χ1v) is 4.87. The number of primary amides is 1. The minimum Gasteiger partial charge on any atom is -0.481 e. The summed E-state index contributed by atoms with van der Waals surface area (Å²) < 4.78 is 30.0. The van der Waals surface area contributed by atoms with E-state index in [9.17, 15) is 13.6 Å². The molecule has 0 saturated carbocycles. The molecule has 2 N–H and O–H groups in total. The molecule has 0 bridgehead atoms. The Morgan fingerprint density at radius 1 is 1.67 bits per heavy atom. The van der Waals surface area contributed by atoms with Crippen LogP contribution in [0.25, 0.3) is 0 Å². The number of rotatable bonds is 3. The lowest BCUT2D eigenvalue weighted by atomic mass is 10.2. The lowest BCUT2D eigenvalue weighted by molar-refractivity contribution is 0.0993. The van der Waals surface area contributed by atoms with Gasteiger partial charge in [0.1, 0.15) is 5.69 Å². The van der Waals surface area contributed by atoms with E-state index in [2.05, 4.69) is 9.72 Å². The van der Waals surface area contributed by atoms with Crippen LogP contribution in [-0.2, 0) is 0 Å². The van der Waals surface area contributed by atoms with Crippen molar-refractivity contribution in [1.82, 2.24) is 4.98 Å². The number of carbonyl (C=O) groups excluding carboxylic acids is 1. The summed E-state index contributed by atoms with van der Waals surface area (Å²) in [5, 5.41) is 0. The maximum Gasteiger partial charge on any atom is 0.270 e. The average molecular weight is 328 g/mol. The molecule has 1 aromatic rings. The van der Waals surface area contributed by atoms with Gasteiger partial charge in [-0.1, -0.05) is 0 Å². The van der Waals surface area contributed by atoms with Crippen molar-refractivity contribution in [3.63, 3.8) is 0 Å². The molecule has 1 aromatic heterocycles. The minimum atomic E-state index is -2.71. The Bertz CT molecular complexity index is 398. The largest absolute Gasteiger partial charge is 0.481 e. The number of amides is 1. The molecule has 0 aliphatic rings. The predicted molar refractivity (Wildman–Crippen MR) is 57.0 cm³/mol. The first-order chi connectivity index (χ1) is 6.97. The van der Waals surface area contributed by atoms with Crippen molar-refractivity contribution >= 4 is 28.5 Å². The number of hydrogen-bond acceptors (Lipinski definition) is 3. The molecule has 0 aliphatic carbocycles. The number of hydrogen-bond donors (Lipinski definition) is 1. The topological polar surface area (TPSA) is 65.2 Å². The van der Waals surface area contributed by atoms with Crippen LogP contribution in [0.1, 0.15) is 22.5 Å². The first kappa shape index (κ1) is 12.1. The summed E-state index contributed by atoms with van der Waals surface area (Å²) in [7, 11) is 1.20. The molecular weight excluding hydrogens is 321 g/mol. The fraction of sp³-hybridized carbons (Fsp3) is 0.250. The fourth-order valence-corrected chi connectivity index (χ4v) is 1.74. The predicted octanol–water partition coefficient (Wildman–Crippen LogP) is 1.73. The third kappa shape index (κ3) is 2.52. The van der Waals surface area contributed by atoms with Crippen LogP contribution < -0.4 is 10.5 Å². The summed E-state index contributed by atoms with van der Waals surface area (Å²) in [6.07, 6.45) is -2.71. The number of alkyl halides is 2. The van der Waals surface area contributed by atoms with Gasteiger partial charge in [-0.25, -0.2) is 13.8 Å². The minimum absolute atomic E-state index is 0.0966. The second kappa shape index (κ2) is 4.69. The van der Waals surface area contributed by atoms with Crippen molar-refractivity contribution in [1.29, 1.82) is 0 Å². The fourth-order valence-electron chi connectivity index (χ4n) is 0.981. The van der Waals surface area contributed by atoms with Crippen molar-refractivity contribution in [3.8, 4) is 5.88 Å². The SMILES string of the molecule is COc1nc(C(N)=O)cc(I)c1C(F)F. The molecule has 0 unspecified atom stereocenters. The second-order valence-corrected chi connectivity index (χ2v) is 3.74. The normalized spacial score (nSPS) is 10.5. The van der Waals surface area contributed by atoms with E-state index in [0.29, 0.717) is 0 Å². The molecule has 0 aromatic carbocycles. The van der Waals surface area contributed by atoms with Crippen LogP contribution in [-0.4, -0.2) is 18.0 Å². The molecule has 0 atom stereocenters. The van der Waals surface area contributed by atoms with Crippen molar-refractivity contribution in [2.45, 2.75) is 6.43 Å². The van der Waals surface area contributed by atoms with Crippen molar-refractivity contribution in [2.75, 3.05) is 7.11 Å². The Balaban J connectivity index is 3.37. The zero-order valence-electron chi connectivity index (χ0n) is 7.63. The monoisotopic (exact) mass is 328 g/mol.